The molecule has 3 aromatic rings. The third-order valence-corrected chi connectivity index (χ3v) is 5.01. The number of hydrogen-bond acceptors (Lipinski definition) is 7. The predicted molar refractivity (Wildman–Crippen MR) is 111 cm³/mol. The van der Waals surface area contributed by atoms with E-state index < -0.39 is 5.82 Å². The molecule has 0 aliphatic heterocycles. The lowest BCUT2D eigenvalue weighted by Gasteiger charge is -2.17. The quantitative estimate of drug-likeness (QED) is 0.473. The number of benzene rings is 2. The first kappa shape index (κ1) is 21.6. The second-order valence-electron chi connectivity index (χ2n) is 6.31. The van der Waals surface area contributed by atoms with Crippen LogP contribution >= 0.6 is 11.8 Å². The first-order valence-electron chi connectivity index (χ1n) is 9.26. The molecule has 0 saturated carbocycles. The number of rotatable bonds is 9. The zero-order chi connectivity index (χ0) is 21.5. The Hall–Kier alpha value is -3.07. The molecule has 0 saturated heterocycles. The maximum Gasteiger partial charge on any atom is 0.277 e. The number of hydrogen-bond donors (Lipinski definition) is 0. The van der Waals surface area contributed by atoms with Gasteiger partial charge in [0.25, 0.3) is 11.1 Å². The molecule has 1 amide bonds. The fraction of sp³-hybridized carbons (Fsp3) is 0.286. The van der Waals surface area contributed by atoms with E-state index in [4.69, 9.17) is 13.9 Å². The molecule has 3 rings (SSSR count). The van der Waals surface area contributed by atoms with Gasteiger partial charge in [-0.25, -0.2) is 4.39 Å². The third-order valence-electron chi connectivity index (χ3n) is 4.20. The average molecular weight is 431 g/mol. The third kappa shape index (κ3) is 5.29. The molecule has 0 aliphatic rings. The second-order valence-corrected chi connectivity index (χ2v) is 7.24. The summed E-state index contributed by atoms with van der Waals surface area (Å²) in [5.74, 6) is 0.658. The van der Waals surface area contributed by atoms with E-state index in [0.29, 0.717) is 29.4 Å². The Morgan fingerprint density at radius 2 is 2.00 bits per heavy atom. The molecule has 30 heavy (non-hydrogen) atoms. The monoisotopic (exact) mass is 431 g/mol. The highest BCUT2D eigenvalue weighted by molar-refractivity contribution is 7.99. The molecule has 1 aromatic heterocycles. The minimum absolute atomic E-state index is 0.115. The summed E-state index contributed by atoms with van der Waals surface area (Å²) in [6.07, 6.45) is 0. The van der Waals surface area contributed by atoms with Crippen molar-refractivity contribution in [2.45, 2.75) is 18.7 Å². The Labute approximate surface area is 178 Å². The number of amides is 1. The van der Waals surface area contributed by atoms with Gasteiger partial charge in [-0.3, -0.25) is 4.79 Å². The van der Waals surface area contributed by atoms with Crippen molar-refractivity contribution in [2.24, 2.45) is 0 Å². The van der Waals surface area contributed by atoms with Crippen molar-refractivity contribution >= 4 is 17.7 Å². The van der Waals surface area contributed by atoms with Crippen LogP contribution in [0.4, 0.5) is 4.39 Å². The predicted octanol–water partition coefficient (Wildman–Crippen LogP) is 4.03. The van der Waals surface area contributed by atoms with E-state index in [0.717, 1.165) is 11.8 Å². The van der Waals surface area contributed by atoms with Crippen molar-refractivity contribution in [3.63, 3.8) is 0 Å². The molecule has 0 spiro atoms. The number of thioether (sulfide) groups is 1. The van der Waals surface area contributed by atoms with E-state index in [1.54, 1.807) is 13.1 Å². The van der Waals surface area contributed by atoms with Gasteiger partial charge in [0.15, 0.2) is 11.6 Å². The second kappa shape index (κ2) is 10.1. The molecule has 0 fully saturated rings. The summed E-state index contributed by atoms with van der Waals surface area (Å²) in [7, 11) is 3.06. The molecular formula is C21H22FN3O4S. The smallest absolute Gasteiger partial charge is 0.277 e. The van der Waals surface area contributed by atoms with E-state index in [-0.39, 0.29) is 29.2 Å². The van der Waals surface area contributed by atoms with Gasteiger partial charge in [0.2, 0.25) is 5.91 Å². The molecule has 0 radical (unpaired) electrons. The number of carbonyl (C=O) groups excluding carboxylic acids is 1. The van der Waals surface area contributed by atoms with Crippen LogP contribution in [0.5, 0.6) is 11.5 Å². The maximum atomic E-state index is 13.8. The van der Waals surface area contributed by atoms with Gasteiger partial charge >= 0.3 is 0 Å². The van der Waals surface area contributed by atoms with Crippen LogP contribution in [0.25, 0.3) is 11.5 Å². The summed E-state index contributed by atoms with van der Waals surface area (Å²) in [5, 5.41) is 8.33. The van der Waals surface area contributed by atoms with Gasteiger partial charge in [0.05, 0.1) is 25.0 Å². The fourth-order valence-electron chi connectivity index (χ4n) is 2.71. The van der Waals surface area contributed by atoms with Crippen LogP contribution < -0.4 is 9.47 Å². The Bertz CT molecular complexity index is 1010. The minimum atomic E-state index is -0.462. The van der Waals surface area contributed by atoms with Crippen LogP contribution in [0.1, 0.15) is 12.5 Å². The first-order valence-corrected chi connectivity index (χ1v) is 10.2. The Morgan fingerprint density at radius 3 is 2.73 bits per heavy atom. The van der Waals surface area contributed by atoms with Gasteiger partial charge in [-0.2, -0.15) is 0 Å². The SMILES string of the molecule is CCOc1ccccc1-c1nnc(SCC(=O)N(C)Cc2ccc(OC)c(F)c2)o1. The van der Waals surface area contributed by atoms with Crippen molar-refractivity contribution < 1.29 is 23.1 Å². The zero-order valence-electron chi connectivity index (χ0n) is 16.9. The number of aromatic nitrogens is 2. The van der Waals surface area contributed by atoms with Crippen LogP contribution in [-0.2, 0) is 11.3 Å². The summed E-state index contributed by atoms with van der Waals surface area (Å²) < 4.78 is 30.0. The number of para-hydroxylation sites is 1. The molecule has 0 aliphatic carbocycles. The fourth-order valence-corrected chi connectivity index (χ4v) is 3.41. The summed E-state index contributed by atoms with van der Waals surface area (Å²) in [6.45, 7) is 2.69. The van der Waals surface area contributed by atoms with Gasteiger partial charge in [-0.1, -0.05) is 30.0 Å². The number of nitrogens with zero attached hydrogens (tertiary/aromatic N) is 3. The molecule has 7 nitrogen and oxygen atoms in total. The van der Waals surface area contributed by atoms with E-state index in [1.165, 1.54) is 24.1 Å². The van der Waals surface area contributed by atoms with Crippen LogP contribution in [0.3, 0.4) is 0 Å². The maximum absolute atomic E-state index is 13.8. The molecular weight excluding hydrogens is 409 g/mol. The van der Waals surface area contributed by atoms with Crippen molar-refractivity contribution in [3.8, 4) is 23.0 Å². The van der Waals surface area contributed by atoms with Crippen molar-refractivity contribution in [1.29, 1.82) is 0 Å². The van der Waals surface area contributed by atoms with Crippen LogP contribution in [0.15, 0.2) is 52.1 Å². The lowest BCUT2D eigenvalue weighted by atomic mass is 10.2. The summed E-state index contributed by atoms with van der Waals surface area (Å²) >= 11 is 1.14. The molecule has 0 unspecified atom stereocenters. The molecule has 158 valence electrons. The molecule has 2 aromatic carbocycles. The van der Waals surface area contributed by atoms with E-state index >= 15 is 0 Å². The zero-order valence-corrected chi connectivity index (χ0v) is 17.7. The van der Waals surface area contributed by atoms with Gasteiger partial charge in [-0.05, 0) is 36.8 Å². The highest BCUT2D eigenvalue weighted by Gasteiger charge is 2.16. The summed E-state index contributed by atoms with van der Waals surface area (Å²) in [6, 6.07) is 12.0. The lowest BCUT2D eigenvalue weighted by molar-refractivity contribution is -0.127. The van der Waals surface area contributed by atoms with E-state index in [2.05, 4.69) is 10.2 Å². The number of carbonyl (C=O) groups is 1. The minimum Gasteiger partial charge on any atom is -0.494 e. The van der Waals surface area contributed by atoms with Crippen LogP contribution in [0, 0.1) is 5.82 Å². The molecule has 0 atom stereocenters. The van der Waals surface area contributed by atoms with E-state index in [9.17, 15) is 9.18 Å². The first-order chi connectivity index (χ1) is 14.5. The van der Waals surface area contributed by atoms with Gasteiger partial charge in [-0.15, -0.1) is 10.2 Å². The average Bonchev–Trinajstić information content (AvgIpc) is 3.21. The summed E-state index contributed by atoms with van der Waals surface area (Å²) in [5.41, 5.74) is 1.37. The van der Waals surface area contributed by atoms with Crippen molar-refractivity contribution in [3.05, 3.63) is 53.8 Å². The summed E-state index contributed by atoms with van der Waals surface area (Å²) in [4.78, 5) is 13.9. The Balaban J connectivity index is 1.58. The van der Waals surface area contributed by atoms with Crippen LogP contribution in [-0.4, -0.2) is 47.5 Å². The normalized spacial score (nSPS) is 10.7. The van der Waals surface area contributed by atoms with Crippen molar-refractivity contribution in [2.75, 3.05) is 26.5 Å². The van der Waals surface area contributed by atoms with Gasteiger partial charge < -0.3 is 18.8 Å². The van der Waals surface area contributed by atoms with Gasteiger partial charge in [0, 0.05) is 13.6 Å². The Kier molecular flexibility index (Phi) is 7.29. The van der Waals surface area contributed by atoms with Crippen molar-refractivity contribution in [1.82, 2.24) is 15.1 Å². The molecule has 9 heteroatoms. The standard InChI is InChI=1S/C21H22FN3O4S/c1-4-28-17-8-6-5-7-15(17)20-23-24-21(29-20)30-13-19(26)25(2)12-14-9-10-18(27-3)16(22)11-14/h5-11H,4,12-13H2,1-3H3. The lowest BCUT2D eigenvalue weighted by Crippen LogP contribution is -2.27. The van der Waals surface area contributed by atoms with Crippen LogP contribution in [0.2, 0.25) is 0 Å². The molecule has 0 N–H and O–H groups in total. The molecule has 0 bridgehead atoms. The number of halogens is 1. The largest absolute Gasteiger partial charge is 0.494 e. The number of ether oxygens (including phenoxy) is 2. The van der Waals surface area contributed by atoms with E-state index in [1.807, 2.05) is 31.2 Å². The number of methoxy groups -OCH3 is 1. The highest BCUT2D eigenvalue weighted by Crippen LogP contribution is 2.30. The Morgan fingerprint density at radius 1 is 1.20 bits per heavy atom. The topological polar surface area (TPSA) is 77.7 Å². The molecule has 1 heterocycles. The highest BCUT2D eigenvalue weighted by atomic mass is 32.2. The van der Waals surface area contributed by atoms with Gasteiger partial charge in [0.1, 0.15) is 5.75 Å².